The Kier molecular flexibility index (Phi) is 3.84. The molecule has 1 N–H and O–H groups in total. The molecule has 1 fully saturated rings. The first-order valence-corrected chi connectivity index (χ1v) is 7.92. The highest BCUT2D eigenvalue weighted by Gasteiger charge is 2.29. The summed E-state index contributed by atoms with van der Waals surface area (Å²) in [7, 11) is -3.02. The second-order valence-corrected chi connectivity index (χ2v) is 7.19. The van der Waals surface area contributed by atoms with E-state index in [1.807, 2.05) is 0 Å². The lowest BCUT2D eigenvalue weighted by Crippen LogP contribution is -2.35. The molecule has 4 nitrogen and oxygen atoms in total. The number of benzene rings is 1. The molecule has 0 unspecified atom stereocenters. The molecule has 1 amide bonds. The Morgan fingerprint density at radius 2 is 2.06 bits per heavy atom. The van der Waals surface area contributed by atoms with Gasteiger partial charge in [0, 0.05) is 6.04 Å². The first kappa shape index (κ1) is 13.6. The normalized spacial score (nSPS) is 21.8. The van der Waals surface area contributed by atoms with Crippen molar-refractivity contribution in [1.82, 2.24) is 5.32 Å². The van der Waals surface area contributed by atoms with Crippen LogP contribution in [0.25, 0.3) is 0 Å². The highest BCUT2D eigenvalue weighted by Crippen LogP contribution is 2.25. The molecular formula is C11H11Cl2NO3S. The molecule has 1 saturated heterocycles. The third-order valence-corrected chi connectivity index (χ3v) is 5.35. The van der Waals surface area contributed by atoms with E-state index in [-0.39, 0.29) is 28.1 Å². The van der Waals surface area contributed by atoms with Crippen LogP contribution in [0.4, 0.5) is 0 Å². The van der Waals surface area contributed by atoms with Crippen LogP contribution in [0.5, 0.6) is 0 Å². The second-order valence-electron chi connectivity index (χ2n) is 4.17. The molecule has 98 valence electrons. The Balaban J connectivity index is 2.11. The van der Waals surface area contributed by atoms with E-state index in [0.717, 1.165) is 0 Å². The number of nitrogens with one attached hydrogen (secondary N) is 1. The van der Waals surface area contributed by atoms with Gasteiger partial charge in [0.1, 0.15) is 0 Å². The van der Waals surface area contributed by atoms with Crippen LogP contribution in [0.3, 0.4) is 0 Å². The Labute approximate surface area is 115 Å². The zero-order valence-corrected chi connectivity index (χ0v) is 11.6. The van der Waals surface area contributed by atoms with Gasteiger partial charge >= 0.3 is 0 Å². The maximum atomic E-state index is 11.9. The van der Waals surface area contributed by atoms with Crippen molar-refractivity contribution in [1.29, 1.82) is 0 Å². The molecule has 1 atom stereocenters. The van der Waals surface area contributed by atoms with Crippen LogP contribution in [0, 0.1) is 0 Å². The molecule has 7 heteroatoms. The molecule has 18 heavy (non-hydrogen) atoms. The van der Waals surface area contributed by atoms with Crippen molar-refractivity contribution in [3.05, 3.63) is 33.8 Å². The number of amides is 1. The lowest BCUT2D eigenvalue weighted by atomic mass is 10.2. The first-order valence-electron chi connectivity index (χ1n) is 5.34. The summed E-state index contributed by atoms with van der Waals surface area (Å²) >= 11 is 11.7. The van der Waals surface area contributed by atoms with Crippen LogP contribution in [0.1, 0.15) is 16.8 Å². The van der Waals surface area contributed by atoms with Crippen LogP contribution in [0.2, 0.25) is 10.0 Å². The maximum absolute atomic E-state index is 11.9. The minimum atomic E-state index is -3.02. The molecule has 0 bridgehead atoms. The average Bonchev–Trinajstić information content (AvgIpc) is 2.62. The third kappa shape index (κ3) is 2.96. The Morgan fingerprint density at radius 1 is 1.33 bits per heavy atom. The van der Waals surface area contributed by atoms with Crippen molar-refractivity contribution in [3.63, 3.8) is 0 Å². The molecular weight excluding hydrogens is 297 g/mol. The van der Waals surface area contributed by atoms with Gasteiger partial charge in [0.2, 0.25) is 0 Å². The van der Waals surface area contributed by atoms with E-state index >= 15 is 0 Å². The molecule has 0 saturated carbocycles. The van der Waals surface area contributed by atoms with Gasteiger partial charge in [0.05, 0.1) is 27.1 Å². The number of rotatable bonds is 2. The quantitative estimate of drug-likeness (QED) is 0.908. The van der Waals surface area contributed by atoms with Crippen molar-refractivity contribution >= 4 is 38.9 Å². The lowest BCUT2D eigenvalue weighted by Gasteiger charge is -2.12. The molecule has 1 heterocycles. The van der Waals surface area contributed by atoms with Gasteiger partial charge in [-0.25, -0.2) is 8.42 Å². The van der Waals surface area contributed by atoms with Gasteiger partial charge in [-0.15, -0.1) is 0 Å². The highest BCUT2D eigenvalue weighted by molar-refractivity contribution is 7.91. The van der Waals surface area contributed by atoms with Crippen molar-refractivity contribution in [2.75, 3.05) is 11.5 Å². The molecule has 1 aromatic carbocycles. The standard InChI is InChI=1S/C11H11Cl2NO3S/c12-9-3-1-2-8(10(9)13)11(15)14-7-4-5-18(16,17)6-7/h1-3,7H,4-6H2,(H,14,15)/t7-/m1/s1. The molecule has 1 aliphatic rings. The molecule has 2 rings (SSSR count). The summed E-state index contributed by atoms with van der Waals surface area (Å²) in [6, 6.07) is 4.40. The minimum absolute atomic E-state index is 0.0169. The predicted octanol–water partition coefficient (Wildman–Crippen LogP) is 1.91. The van der Waals surface area contributed by atoms with Crippen molar-refractivity contribution in [3.8, 4) is 0 Å². The zero-order chi connectivity index (χ0) is 13.3. The SMILES string of the molecule is O=C(N[C@@H]1CCS(=O)(=O)C1)c1cccc(Cl)c1Cl. The minimum Gasteiger partial charge on any atom is -0.348 e. The van der Waals surface area contributed by atoms with Crippen LogP contribution in [-0.2, 0) is 9.84 Å². The van der Waals surface area contributed by atoms with E-state index < -0.39 is 15.7 Å². The fourth-order valence-electron chi connectivity index (χ4n) is 1.85. The number of hydrogen-bond acceptors (Lipinski definition) is 3. The van der Waals surface area contributed by atoms with E-state index in [2.05, 4.69) is 5.32 Å². The summed E-state index contributed by atoms with van der Waals surface area (Å²) in [6.07, 6.45) is 0.437. The number of halogens is 2. The summed E-state index contributed by atoms with van der Waals surface area (Å²) in [5.41, 5.74) is 0.258. The number of hydrogen-bond donors (Lipinski definition) is 1. The largest absolute Gasteiger partial charge is 0.348 e. The van der Waals surface area contributed by atoms with E-state index in [9.17, 15) is 13.2 Å². The smallest absolute Gasteiger partial charge is 0.253 e. The van der Waals surface area contributed by atoms with Gasteiger partial charge in [0.25, 0.3) is 5.91 Å². The fourth-order valence-corrected chi connectivity index (χ4v) is 3.91. The number of carbonyl (C=O) groups excluding carboxylic acids is 1. The fraction of sp³-hybridized carbons (Fsp3) is 0.364. The van der Waals surface area contributed by atoms with Crippen LogP contribution >= 0.6 is 23.2 Å². The van der Waals surface area contributed by atoms with Crippen LogP contribution < -0.4 is 5.32 Å². The Hall–Kier alpha value is -0.780. The Bertz CT molecular complexity index is 586. The summed E-state index contributed by atoms with van der Waals surface area (Å²) in [6.45, 7) is 0. The zero-order valence-electron chi connectivity index (χ0n) is 9.32. The number of carbonyl (C=O) groups is 1. The molecule has 0 radical (unpaired) electrons. The van der Waals surface area contributed by atoms with Crippen molar-refractivity contribution in [2.24, 2.45) is 0 Å². The van der Waals surface area contributed by atoms with Gasteiger partial charge in [-0.05, 0) is 18.6 Å². The highest BCUT2D eigenvalue weighted by atomic mass is 35.5. The maximum Gasteiger partial charge on any atom is 0.253 e. The third-order valence-electron chi connectivity index (χ3n) is 2.76. The van der Waals surface area contributed by atoms with Crippen molar-refractivity contribution < 1.29 is 13.2 Å². The number of sulfone groups is 1. The monoisotopic (exact) mass is 307 g/mol. The predicted molar refractivity (Wildman–Crippen MR) is 71.0 cm³/mol. The summed E-state index contributed by atoms with van der Waals surface area (Å²) in [5.74, 6) is -0.303. The summed E-state index contributed by atoms with van der Waals surface area (Å²) in [5, 5.41) is 3.13. The molecule has 0 aliphatic carbocycles. The molecule has 1 aliphatic heterocycles. The van der Waals surface area contributed by atoms with Crippen LogP contribution in [-0.4, -0.2) is 31.9 Å². The topological polar surface area (TPSA) is 63.2 Å². The van der Waals surface area contributed by atoms with Gasteiger partial charge in [-0.3, -0.25) is 4.79 Å². The van der Waals surface area contributed by atoms with E-state index in [1.54, 1.807) is 18.2 Å². The second kappa shape index (κ2) is 5.07. The van der Waals surface area contributed by atoms with Gasteiger partial charge in [-0.2, -0.15) is 0 Å². The van der Waals surface area contributed by atoms with Crippen LogP contribution in [0.15, 0.2) is 18.2 Å². The molecule has 0 spiro atoms. The Morgan fingerprint density at radius 3 is 2.67 bits per heavy atom. The van der Waals surface area contributed by atoms with E-state index in [0.29, 0.717) is 11.4 Å². The average molecular weight is 308 g/mol. The van der Waals surface area contributed by atoms with E-state index in [4.69, 9.17) is 23.2 Å². The van der Waals surface area contributed by atoms with E-state index in [1.165, 1.54) is 0 Å². The van der Waals surface area contributed by atoms with Gasteiger partial charge in [-0.1, -0.05) is 29.3 Å². The summed E-state index contributed by atoms with van der Waals surface area (Å²) < 4.78 is 22.6. The first-order chi connectivity index (χ1) is 8.39. The van der Waals surface area contributed by atoms with Gasteiger partial charge < -0.3 is 5.32 Å². The molecule has 1 aromatic rings. The summed E-state index contributed by atoms with van der Waals surface area (Å²) in [4.78, 5) is 11.9. The van der Waals surface area contributed by atoms with Gasteiger partial charge in [0.15, 0.2) is 9.84 Å². The molecule has 0 aromatic heterocycles. The lowest BCUT2D eigenvalue weighted by molar-refractivity contribution is 0.0941. The van der Waals surface area contributed by atoms with Crippen molar-refractivity contribution in [2.45, 2.75) is 12.5 Å².